The van der Waals surface area contributed by atoms with Crippen LogP contribution in [0.5, 0.6) is 17.2 Å². The Morgan fingerprint density at radius 2 is 1.43 bits per heavy atom. The van der Waals surface area contributed by atoms with E-state index in [4.69, 9.17) is 42.1 Å². The van der Waals surface area contributed by atoms with Gasteiger partial charge in [-0.3, -0.25) is 0 Å². The van der Waals surface area contributed by atoms with E-state index in [2.05, 4.69) is 20.8 Å². The van der Waals surface area contributed by atoms with Crippen molar-refractivity contribution in [3.8, 4) is 17.2 Å². The van der Waals surface area contributed by atoms with Crippen molar-refractivity contribution < 1.29 is 23.7 Å². The van der Waals surface area contributed by atoms with Crippen molar-refractivity contribution in [1.82, 2.24) is 0 Å². The number of halogens is 2. The molecule has 5 nitrogen and oxygen atoms in total. The van der Waals surface area contributed by atoms with E-state index in [0.29, 0.717) is 46.7 Å². The Kier molecular flexibility index (Phi) is 9.30. The van der Waals surface area contributed by atoms with Gasteiger partial charge in [-0.05, 0) is 59.5 Å². The van der Waals surface area contributed by atoms with Crippen molar-refractivity contribution >= 4 is 29.2 Å². The molecule has 1 unspecified atom stereocenters. The number of rotatable bonds is 10. The number of methoxy groups -OCH3 is 1. The third-order valence-electron chi connectivity index (χ3n) is 5.28. The molecule has 0 saturated carbocycles. The van der Waals surface area contributed by atoms with Gasteiger partial charge in [-0.15, -0.1) is 0 Å². The summed E-state index contributed by atoms with van der Waals surface area (Å²) < 4.78 is 22.4. The fraction of sp³-hybridized carbons (Fsp3) is 0.321. The molecule has 186 valence electrons. The summed E-state index contributed by atoms with van der Waals surface area (Å²) in [6, 6.07) is 19.9. The molecule has 3 aromatic carbocycles. The SMILES string of the molecule is COC(=O)C(Oc1ccc(C(C)(C)C)cc1Cl)c1ccc(OCCCOc2ccc(Cl)cc2)cc1. The lowest BCUT2D eigenvalue weighted by Crippen LogP contribution is -2.20. The molecular weight excluding hydrogens is 487 g/mol. The zero-order valence-corrected chi connectivity index (χ0v) is 21.9. The molecule has 0 aromatic heterocycles. The van der Waals surface area contributed by atoms with Crippen molar-refractivity contribution in [2.75, 3.05) is 20.3 Å². The Bertz CT molecular complexity index is 1110. The number of ether oxygens (including phenoxy) is 4. The molecule has 0 saturated heterocycles. The standard InChI is InChI=1S/C28H30Cl2O5/c1-28(2,3)20-8-15-25(24(30)18-20)35-26(27(31)32-4)19-6-11-22(12-7-19)33-16-5-17-34-23-13-9-21(29)10-14-23/h6-15,18,26H,5,16-17H2,1-4H3. The van der Waals surface area contributed by atoms with E-state index in [0.717, 1.165) is 11.3 Å². The van der Waals surface area contributed by atoms with Crippen molar-refractivity contribution in [1.29, 1.82) is 0 Å². The smallest absolute Gasteiger partial charge is 0.351 e. The summed E-state index contributed by atoms with van der Waals surface area (Å²) in [4.78, 5) is 12.5. The average Bonchev–Trinajstić information content (AvgIpc) is 2.83. The van der Waals surface area contributed by atoms with Crippen molar-refractivity contribution in [3.63, 3.8) is 0 Å². The Morgan fingerprint density at radius 1 is 0.857 bits per heavy atom. The Hall–Kier alpha value is -2.89. The van der Waals surface area contributed by atoms with Gasteiger partial charge >= 0.3 is 5.97 Å². The third-order valence-corrected chi connectivity index (χ3v) is 5.83. The maximum Gasteiger partial charge on any atom is 0.351 e. The summed E-state index contributed by atoms with van der Waals surface area (Å²) in [6.45, 7) is 7.32. The van der Waals surface area contributed by atoms with E-state index in [-0.39, 0.29) is 5.41 Å². The molecule has 0 heterocycles. The van der Waals surface area contributed by atoms with Gasteiger partial charge < -0.3 is 18.9 Å². The summed E-state index contributed by atoms with van der Waals surface area (Å²) in [5.41, 5.74) is 1.65. The number of esters is 1. The van der Waals surface area contributed by atoms with Gasteiger partial charge in [0.2, 0.25) is 6.10 Å². The number of benzene rings is 3. The van der Waals surface area contributed by atoms with Gasteiger partial charge in [0.05, 0.1) is 25.3 Å². The van der Waals surface area contributed by atoms with Crippen LogP contribution in [0.2, 0.25) is 10.0 Å². The zero-order chi connectivity index (χ0) is 25.4. The molecule has 0 fully saturated rings. The van der Waals surface area contributed by atoms with Gasteiger partial charge in [0.25, 0.3) is 0 Å². The second kappa shape index (κ2) is 12.2. The first-order valence-corrected chi connectivity index (χ1v) is 12.1. The molecule has 0 radical (unpaired) electrons. The molecule has 7 heteroatoms. The molecule has 0 spiro atoms. The summed E-state index contributed by atoms with van der Waals surface area (Å²) in [7, 11) is 1.33. The first-order chi connectivity index (χ1) is 16.7. The van der Waals surface area contributed by atoms with Gasteiger partial charge in [-0.25, -0.2) is 4.79 Å². The molecule has 35 heavy (non-hydrogen) atoms. The maximum atomic E-state index is 12.5. The highest BCUT2D eigenvalue weighted by Gasteiger charge is 2.25. The second-order valence-electron chi connectivity index (χ2n) is 8.99. The van der Waals surface area contributed by atoms with Crippen LogP contribution in [0.4, 0.5) is 0 Å². The summed E-state index contributed by atoms with van der Waals surface area (Å²) in [5.74, 6) is 1.34. The van der Waals surface area contributed by atoms with Crippen LogP contribution in [-0.4, -0.2) is 26.3 Å². The van der Waals surface area contributed by atoms with Crippen molar-refractivity contribution in [2.24, 2.45) is 0 Å². The Labute approximate surface area is 216 Å². The van der Waals surface area contributed by atoms with Crippen molar-refractivity contribution in [3.05, 3.63) is 87.9 Å². The van der Waals surface area contributed by atoms with E-state index in [1.54, 1.807) is 42.5 Å². The third kappa shape index (κ3) is 7.81. The minimum atomic E-state index is -0.959. The van der Waals surface area contributed by atoms with E-state index in [1.807, 2.05) is 24.3 Å². The summed E-state index contributed by atoms with van der Waals surface area (Å²) in [5, 5.41) is 1.11. The van der Waals surface area contributed by atoms with Gasteiger partial charge in [0.15, 0.2) is 0 Å². The van der Waals surface area contributed by atoms with Crippen LogP contribution in [0.15, 0.2) is 66.7 Å². The van der Waals surface area contributed by atoms with E-state index in [9.17, 15) is 4.79 Å². The van der Waals surface area contributed by atoms with Crippen LogP contribution in [0, 0.1) is 0 Å². The molecule has 0 amide bonds. The van der Waals surface area contributed by atoms with Crippen LogP contribution >= 0.6 is 23.2 Å². The van der Waals surface area contributed by atoms with Gasteiger partial charge in [-0.2, -0.15) is 0 Å². The number of hydrogen-bond acceptors (Lipinski definition) is 5. The van der Waals surface area contributed by atoms with Crippen LogP contribution in [0.25, 0.3) is 0 Å². The molecule has 3 aromatic rings. The Balaban J connectivity index is 1.58. The number of carbonyl (C=O) groups is 1. The predicted octanol–water partition coefficient (Wildman–Crippen LogP) is 7.43. The minimum absolute atomic E-state index is 0.0538. The first kappa shape index (κ1) is 26.7. The second-order valence-corrected chi connectivity index (χ2v) is 9.83. The van der Waals surface area contributed by atoms with E-state index >= 15 is 0 Å². The first-order valence-electron chi connectivity index (χ1n) is 11.3. The number of hydrogen-bond donors (Lipinski definition) is 0. The van der Waals surface area contributed by atoms with Gasteiger partial charge in [-0.1, -0.05) is 62.2 Å². The summed E-state index contributed by atoms with van der Waals surface area (Å²) >= 11 is 12.3. The molecule has 0 bridgehead atoms. The quantitative estimate of drug-likeness (QED) is 0.207. The van der Waals surface area contributed by atoms with E-state index in [1.165, 1.54) is 7.11 Å². The minimum Gasteiger partial charge on any atom is -0.493 e. The topological polar surface area (TPSA) is 54.0 Å². The summed E-state index contributed by atoms with van der Waals surface area (Å²) in [6.07, 6.45) is -0.249. The Morgan fingerprint density at radius 3 is 1.94 bits per heavy atom. The average molecular weight is 517 g/mol. The molecule has 3 rings (SSSR count). The highest BCUT2D eigenvalue weighted by Crippen LogP contribution is 2.34. The van der Waals surface area contributed by atoms with Crippen molar-refractivity contribution in [2.45, 2.75) is 38.7 Å². The molecule has 0 N–H and O–H groups in total. The van der Waals surface area contributed by atoms with Gasteiger partial charge in [0, 0.05) is 17.0 Å². The van der Waals surface area contributed by atoms with Crippen LogP contribution in [-0.2, 0) is 14.9 Å². The maximum absolute atomic E-state index is 12.5. The lowest BCUT2D eigenvalue weighted by Gasteiger charge is -2.22. The molecule has 1 atom stereocenters. The molecule has 0 aliphatic rings. The highest BCUT2D eigenvalue weighted by molar-refractivity contribution is 6.32. The number of carbonyl (C=O) groups excluding carboxylic acids is 1. The lowest BCUT2D eigenvalue weighted by atomic mass is 9.87. The van der Waals surface area contributed by atoms with Crippen LogP contribution in [0.1, 0.15) is 44.4 Å². The van der Waals surface area contributed by atoms with Crippen LogP contribution < -0.4 is 14.2 Å². The fourth-order valence-corrected chi connectivity index (χ4v) is 3.61. The monoisotopic (exact) mass is 516 g/mol. The lowest BCUT2D eigenvalue weighted by molar-refractivity contribution is -0.149. The van der Waals surface area contributed by atoms with Crippen LogP contribution in [0.3, 0.4) is 0 Å². The predicted molar refractivity (Wildman–Crippen MR) is 139 cm³/mol. The van der Waals surface area contributed by atoms with Gasteiger partial charge in [0.1, 0.15) is 17.2 Å². The normalized spacial score (nSPS) is 12.1. The highest BCUT2D eigenvalue weighted by atomic mass is 35.5. The fourth-order valence-electron chi connectivity index (χ4n) is 3.26. The zero-order valence-electron chi connectivity index (χ0n) is 20.3. The molecular formula is C28H30Cl2O5. The molecule has 0 aliphatic heterocycles. The molecule has 0 aliphatic carbocycles. The largest absolute Gasteiger partial charge is 0.493 e. The van der Waals surface area contributed by atoms with E-state index < -0.39 is 12.1 Å².